The largest absolute Gasteiger partial charge is 0.0654 e. The molecule has 0 aliphatic rings. The molecule has 0 aromatic carbocycles. The lowest BCUT2D eigenvalue weighted by molar-refractivity contribution is 0.276. The highest BCUT2D eigenvalue weighted by Crippen LogP contribution is 2.27. The predicted octanol–water partition coefficient (Wildman–Crippen LogP) is 5.91. The summed E-state index contributed by atoms with van der Waals surface area (Å²) in [4.78, 5) is 0. The molecule has 3 unspecified atom stereocenters. The highest BCUT2D eigenvalue weighted by atomic mass is 14.2. The van der Waals surface area contributed by atoms with E-state index in [-0.39, 0.29) is 0 Å². The van der Waals surface area contributed by atoms with Gasteiger partial charge in [-0.25, -0.2) is 0 Å². The minimum atomic E-state index is 0.864. The standard InChI is InChI=1S/C16H34/c1-7-9-16(8-2)15(6)11-10-14(5)12-13(3)4/h13-16H,7-12H2,1-6H3. The minimum absolute atomic E-state index is 0.864. The fourth-order valence-corrected chi connectivity index (χ4v) is 2.97. The van der Waals surface area contributed by atoms with Gasteiger partial charge in [0.2, 0.25) is 0 Å². The first-order valence-electron chi connectivity index (χ1n) is 7.51. The van der Waals surface area contributed by atoms with Crippen molar-refractivity contribution in [1.29, 1.82) is 0 Å². The third kappa shape index (κ3) is 7.30. The second-order valence-corrected chi connectivity index (χ2v) is 6.25. The molecule has 0 bridgehead atoms. The Hall–Kier alpha value is 0. The topological polar surface area (TPSA) is 0 Å². The van der Waals surface area contributed by atoms with E-state index >= 15 is 0 Å². The van der Waals surface area contributed by atoms with Gasteiger partial charge in [-0.1, -0.05) is 73.6 Å². The molecule has 3 atom stereocenters. The predicted molar refractivity (Wildman–Crippen MR) is 75.7 cm³/mol. The Morgan fingerprint density at radius 1 is 0.812 bits per heavy atom. The first-order chi connectivity index (χ1) is 7.51. The normalized spacial score (nSPS) is 17.4. The van der Waals surface area contributed by atoms with Crippen LogP contribution in [0.4, 0.5) is 0 Å². The molecule has 98 valence electrons. The molecule has 0 rings (SSSR count). The number of hydrogen-bond acceptors (Lipinski definition) is 0. The Kier molecular flexibility index (Phi) is 9.07. The molecule has 0 radical (unpaired) electrons. The zero-order chi connectivity index (χ0) is 12.6. The summed E-state index contributed by atoms with van der Waals surface area (Å²) in [6, 6.07) is 0. The van der Waals surface area contributed by atoms with E-state index in [4.69, 9.17) is 0 Å². The Bertz CT molecular complexity index is 148. The first kappa shape index (κ1) is 16.0. The molecule has 0 amide bonds. The summed E-state index contributed by atoms with van der Waals surface area (Å²) in [5.41, 5.74) is 0. The van der Waals surface area contributed by atoms with Crippen LogP contribution >= 0.6 is 0 Å². The van der Waals surface area contributed by atoms with Crippen molar-refractivity contribution >= 4 is 0 Å². The molecule has 0 aromatic rings. The zero-order valence-corrected chi connectivity index (χ0v) is 12.6. The SMILES string of the molecule is CCCC(CC)C(C)CCC(C)CC(C)C. The van der Waals surface area contributed by atoms with Gasteiger partial charge in [-0.2, -0.15) is 0 Å². The van der Waals surface area contributed by atoms with Gasteiger partial charge in [0.25, 0.3) is 0 Å². The van der Waals surface area contributed by atoms with E-state index in [0.29, 0.717) is 0 Å². The van der Waals surface area contributed by atoms with Gasteiger partial charge in [0.05, 0.1) is 0 Å². The van der Waals surface area contributed by atoms with Crippen LogP contribution in [-0.4, -0.2) is 0 Å². The molecule has 0 heterocycles. The maximum Gasteiger partial charge on any atom is -0.0391 e. The molecule has 0 saturated carbocycles. The van der Waals surface area contributed by atoms with Crippen LogP contribution in [0.1, 0.15) is 80.1 Å². The molecule has 0 aliphatic heterocycles. The van der Waals surface area contributed by atoms with Crippen LogP contribution in [0.2, 0.25) is 0 Å². The van der Waals surface area contributed by atoms with Crippen molar-refractivity contribution in [2.75, 3.05) is 0 Å². The van der Waals surface area contributed by atoms with Crippen LogP contribution < -0.4 is 0 Å². The average Bonchev–Trinajstić information content (AvgIpc) is 2.21. The third-order valence-electron chi connectivity index (χ3n) is 3.98. The van der Waals surface area contributed by atoms with Crippen molar-refractivity contribution in [3.8, 4) is 0 Å². The molecule has 0 aromatic heterocycles. The van der Waals surface area contributed by atoms with Gasteiger partial charge < -0.3 is 0 Å². The number of hydrogen-bond donors (Lipinski definition) is 0. The van der Waals surface area contributed by atoms with E-state index in [1.807, 2.05) is 0 Å². The van der Waals surface area contributed by atoms with Crippen LogP contribution in [-0.2, 0) is 0 Å². The van der Waals surface area contributed by atoms with Crippen LogP contribution in [0.5, 0.6) is 0 Å². The van der Waals surface area contributed by atoms with E-state index < -0.39 is 0 Å². The number of rotatable bonds is 9. The molecule has 0 heteroatoms. The Morgan fingerprint density at radius 3 is 1.88 bits per heavy atom. The Morgan fingerprint density at radius 2 is 1.44 bits per heavy atom. The van der Waals surface area contributed by atoms with Gasteiger partial charge in [0.15, 0.2) is 0 Å². The van der Waals surface area contributed by atoms with E-state index in [9.17, 15) is 0 Å². The maximum atomic E-state index is 2.46. The van der Waals surface area contributed by atoms with E-state index in [0.717, 1.165) is 23.7 Å². The third-order valence-corrected chi connectivity index (χ3v) is 3.98. The van der Waals surface area contributed by atoms with Gasteiger partial charge >= 0.3 is 0 Å². The van der Waals surface area contributed by atoms with Gasteiger partial charge in [0.1, 0.15) is 0 Å². The van der Waals surface area contributed by atoms with Gasteiger partial charge in [-0.15, -0.1) is 0 Å². The maximum absolute atomic E-state index is 2.46. The van der Waals surface area contributed by atoms with Crippen molar-refractivity contribution in [2.24, 2.45) is 23.7 Å². The summed E-state index contributed by atoms with van der Waals surface area (Å²) >= 11 is 0. The highest BCUT2D eigenvalue weighted by Gasteiger charge is 2.15. The van der Waals surface area contributed by atoms with Crippen molar-refractivity contribution < 1.29 is 0 Å². The Balaban J connectivity index is 3.80. The lowest BCUT2D eigenvalue weighted by atomic mass is 9.82. The molecule has 0 N–H and O–H groups in total. The zero-order valence-electron chi connectivity index (χ0n) is 12.6. The molecule has 0 fully saturated rings. The molecule has 0 aliphatic carbocycles. The lowest BCUT2D eigenvalue weighted by Crippen LogP contribution is -2.12. The van der Waals surface area contributed by atoms with Crippen LogP contribution in [0, 0.1) is 23.7 Å². The van der Waals surface area contributed by atoms with Crippen LogP contribution in [0.3, 0.4) is 0 Å². The quantitative estimate of drug-likeness (QED) is 0.458. The van der Waals surface area contributed by atoms with E-state index in [1.54, 1.807) is 0 Å². The monoisotopic (exact) mass is 226 g/mol. The summed E-state index contributed by atoms with van der Waals surface area (Å²) in [5.74, 6) is 3.68. The van der Waals surface area contributed by atoms with E-state index in [2.05, 4.69) is 41.5 Å². The molecule has 0 saturated heterocycles. The fraction of sp³-hybridized carbons (Fsp3) is 1.00. The van der Waals surface area contributed by atoms with Gasteiger partial charge in [-0.3, -0.25) is 0 Å². The second kappa shape index (κ2) is 9.07. The minimum Gasteiger partial charge on any atom is -0.0654 e. The fourth-order valence-electron chi connectivity index (χ4n) is 2.97. The molecule has 16 heavy (non-hydrogen) atoms. The average molecular weight is 226 g/mol. The summed E-state index contributed by atoms with van der Waals surface area (Å²) in [6.07, 6.45) is 8.41. The van der Waals surface area contributed by atoms with Gasteiger partial charge in [0, 0.05) is 0 Å². The molecule has 0 nitrogen and oxygen atoms in total. The smallest absolute Gasteiger partial charge is 0.0391 e. The first-order valence-corrected chi connectivity index (χ1v) is 7.51. The molecular weight excluding hydrogens is 192 g/mol. The van der Waals surface area contributed by atoms with E-state index in [1.165, 1.54) is 38.5 Å². The van der Waals surface area contributed by atoms with Crippen molar-refractivity contribution in [1.82, 2.24) is 0 Å². The van der Waals surface area contributed by atoms with Crippen molar-refractivity contribution in [3.05, 3.63) is 0 Å². The lowest BCUT2D eigenvalue weighted by Gasteiger charge is -2.24. The summed E-state index contributed by atoms with van der Waals surface area (Å²) < 4.78 is 0. The molecule has 0 spiro atoms. The molecular formula is C16H34. The summed E-state index contributed by atoms with van der Waals surface area (Å²) in [5, 5.41) is 0. The van der Waals surface area contributed by atoms with Crippen molar-refractivity contribution in [3.63, 3.8) is 0 Å². The van der Waals surface area contributed by atoms with Crippen LogP contribution in [0.15, 0.2) is 0 Å². The van der Waals surface area contributed by atoms with Crippen LogP contribution in [0.25, 0.3) is 0 Å². The Labute approximate surface area is 104 Å². The highest BCUT2D eigenvalue weighted by molar-refractivity contribution is 4.67. The summed E-state index contributed by atoms with van der Waals surface area (Å²) in [6.45, 7) is 14.2. The van der Waals surface area contributed by atoms with Gasteiger partial charge in [-0.05, 0) is 30.1 Å². The van der Waals surface area contributed by atoms with Crippen molar-refractivity contribution in [2.45, 2.75) is 80.1 Å². The summed E-state index contributed by atoms with van der Waals surface area (Å²) in [7, 11) is 0. The second-order valence-electron chi connectivity index (χ2n) is 6.25.